The fraction of sp³-hybridized carbons (Fsp3) is 0.857. The molecule has 2 N–H and O–H groups in total. The summed E-state index contributed by atoms with van der Waals surface area (Å²) < 4.78 is 0. The molecular formula is C7H13NO2S. The van der Waals surface area contributed by atoms with Gasteiger partial charge in [-0.15, -0.1) is 0 Å². The Balaban J connectivity index is 2.39. The zero-order valence-electron chi connectivity index (χ0n) is 6.29. The molecule has 1 rings (SSSR count). The summed E-state index contributed by atoms with van der Waals surface area (Å²) in [5.41, 5.74) is 0. The van der Waals surface area contributed by atoms with E-state index in [1.165, 1.54) is 0 Å². The molecular weight excluding hydrogens is 162 g/mol. The number of hydrogen-bond acceptors (Lipinski definition) is 3. The molecule has 0 aromatic rings. The molecule has 64 valence electrons. The van der Waals surface area contributed by atoms with Crippen molar-refractivity contribution in [2.24, 2.45) is 5.92 Å². The Morgan fingerprint density at radius 3 is 3.00 bits per heavy atom. The first-order valence-electron chi connectivity index (χ1n) is 3.81. The maximum atomic E-state index is 10.5. The summed E-state index contributed by atoms with van der Waals surface area (Å²) >= 11 is 4.15. The first kappa shape index (κ1) is 8.87. The second-order valence-electron chi connectivity index (χ2n) is 2.92. The highest BCUT2D eigenvalue weighted by Crippen LogP contribution is 2.17. The molecule has 2 atom stereocenters. The van der Waals surface area contributed by atoms with E-state index in [9.17, 15) is 4.79 Å². The Kier molecular flexibility index (Phi) is 3.20. The second kappa shape index (κ2) is 3.97. The Labute approximate surface area is 71.6 Å². The van der Waals surface area contributed by atoms with Crippen LogP contribution in [-0.2, 0) is 4.79 Å². The second-order valence-corrected chi connectivity index (χ2v) is 3.28. The Morgan fingerprint density at radius 2 is 2.45 bits per heavy atom. The largest absolute Gasteiger partial charge is 0.480 e. The van der Waals surface area contributed by atoms with E-state index in [-0.39, 0.29) is 6.04 Å². The minimum Gasteiger partial charge on any atom is -0.480 e. The fourth-order valence-electron chi connectivity index (χ4n) is 1.35. The minimum atomic E-state index is -0.739. The Bertz CT molecular complexity index is 151. The van der Waals surface area contributed by atoms with Crippen molar-refractivity contribution in [3.05, 3.63) is 0 Å². The summed E-state index contributed by atoms with van der Waals surface area (Å²) in [4.78, 5) is 10.5. The molecule has 1 heterocycles. The minimum absolute atomic E-state index is 0.346. The molecule has 1 fully saturated rings. The third kappa shape index (κ3) is 2.38. The van der Waals surface area contributed by atoms with Gasteiger partial charge in [-0.05, 0) is 31.1 Å². The molecule has 1 aliphatic rings. The SMILES string of the molecule is O=C(O)[C@@H]1C[C@H](CS)CCN1. The zero-order valence-corrected chi connectivity index (χ0v) is 7.18. The summed E-state index contributed by atoms with van der Waals surface area (Å²) in [6.45, 7) is 0.808. The maximum absolute atomic E-state index is 10.5. The number of piperidine rings is 1. The van der Waals surface area contributed by atoms with Gasteiger partial charge in [0, 0.05) is 0 Å². The van der Waals surface area contributed by atoms with Crippen LogP contribution < -0.4 is 5.32 Å². The van der Waals surface area contributed by atoms with Gasteiger partial charge in [0.1, 0.15) is 6.04 Å². The summed E-state index contributed by atoms with van der Waals surface area (Å²) in [5, 5.41) is 11.6. The van der Waals surface area contributed by atoms with Crippen molar-refractivity contribution in [1.82, 2.24) is 5.32 Å². The van der Waals surface area contributed by atoms with Crippen LogP contribution in [0.2, 0.25) is 0 Å². The smallest absolute Gasteiger partial charge is 0.320 e. The van der Waals surface area contributed by atoms with Gasteiger partial charge in [0.05, 0.1) is 0 Å². The number of carboxylic acids is 1. The lowest BCUT2D eigenvalue weighted by Crippen LogP contribution is -2.43. The average Bonchev–Trinajstić information content (AvgIpc) is 2.05. The standard InChI is InChI=1S/C7H13NO2S/c9-7(10)6-3-5(4-11)1-2-8-6/h5-6,8,11H,1-4H2,(H,9,10)/t5-,6+/m1/s1. The summed E-state index contributed by atoms with van der Waals surface area (Å²) in [7, 11) is 0. The van der Waals surface area contributed by atoms with Crippen LogP contribution in [-0.4, -0.2) is 29.4 Å². The van der Waals surface area contributed by atoms with Crippen molar-refractivity contribution in [3.8, 4) is 0 Å². The van der Waals surface area contributed by atoms with Gasteiger partial charge in [-0.25, -0.2) is 0 Å². The summed E-state index contributed by atoms with van der Waals surface area (Å²) in [6, 6.07) is -0.346. The van der Waals surface area contributed by atoms with Crippen LogP contribution in [0.3, 0.4) is 0 Å². The maximum Gasteiger partial charge on any atom is 0.320 e. The van der Waals surface area contributed by atoms with Gasteiger partial charge in [-0.2, -0.15) is 12.6 Å². The normalized spacial score (nSPS) is 31.7. The number of carboxylic acid groups (broad SMARTS) is 1. The highest BCUT2D eigenvalue weighted by molar-refractivity contribution is 7.80. The highest BCUT2D eigenvalue weighted by Gasteiger charge is 2.25. The van der Waals surface area contributed by atoms with Gasteiger partial charge in [0.25, 0.3) is 0 Å². The van der Waals surface area contributed by atoms with Crippen molar-refractivity contribution in [2.45, 2.75) is 18.9 Å². The molecule has 1 saturated heterocycles. The molecule has 0 bridgehead atoms. The third-order valence-corrected chi connectivity index (χ3v) is 2.59. The van der Waals surface area contributed by atoms with Crippen molar-refractivity contribution in [1.29, 1.82) is 0 Å². The molecule has 0 radical (unpaired) electrons. The van der Waals surface area contributed by atoms with Crippen LogP contribution in [0.5, 0.6) is 0 Å². The molecule has 0 saturated carbocycles. The van der Waals surface area contributed by atoms with Crippen molar-refractivity contribution in [3.63, 3.8) is 0 Å². The van der Waals surface area contributed by atoms with E-state index in [0.717, 1.165) is 25.1 Å². The predicted molar refractivity (Wildman–Crippen MR) is 46.0 cm³/mol. The number of aliphatic carboxylic acids is 1. The van der Waals surface area contributed by atoms with Gasteiger partial charge in [-0.3, -0.25) is 4.79 Å². The lowest BCUT2D eigenvalue weighted by molar-refractivity contribution is -0.140. The van der Waals surface area contributed by atoms with Crippen molar-refractivity contribution in [2.75, 3.05) is 12.3 Å². The number of carbonyl (C=O) groups is 1. The van der Waals surface area contributed by atoms with Gasteiger partial charge >= 0.3 is 5.97 Å². The van der Waals surface area contributed by atoms with E-state index in [0.29, 0.717) is 5.92 Å². The van der Waals surface area contributed by atoms with Gasteiger partial charge in [-0.1, -0.05) is 0 Å². The molecule has 3 nitrogen and oxygen atoms in total. The molecule has 0 unspecified atom stereocenters. The van der Waals surface area contributed by atoms with Crippen LogP contribution in [0, 0.1) is 5.92 Å². The highest BCUT2D eigenvalue weighted by atomic mass is 32.1. The van der Waals surface area contributed by atoms with Gasteiger partial charge in [0.2, 0.25) is 0 Å². The van der Waals surface area contributed by atoms with E-state index >= 15 is 0 Å². The molecule has 0 aromatic carbocycles. The van der Waals surface area contributed by atoms with Crippen LogP contribution in [0.4, 0.5) is 0 Å². The van der Waals surface area contributed by atoms with E-state index in [1.54, 1.807) is 0 Å². The van der Waals surface area contributed by atoms with E-state index < -0.39 is 5.97 Å². The fourth-order valence-corrected chi connectivity index (χ4v) is 1.68. The van der Waals surface area contributed by atoms with Crippen molar-refractivity contribution >= 4 is 18.6 Å². The molecule has 1 aliphatic heterocycles. The van der Waals surface area contributed by atoms with E-state index in [4.69, 9.17) is 5.11 Å². The lowest BCUT2D eigenvalue weighted by Gasteiger charge is -2.26. The molecule has 0 aromatic heterocycles. The monoisotopic (exact) mass is 175 g/mol. The molecule has 4 heteroatoms. The molecule has 0 spiro atoms. The first-order chi connectivity index (χ1) is 5.24. The number of hydrogen-bond donors (Lipinski definition) is 3. The Morgan fingerprint density at radius 1 is 1.73 bits per heavy atom. The predicted octanol–water partition coefficient (Wildman–Crippen LogP) is 0.369. The lowest BCUT2D eigenvalue weighted by atomic mass is 9.94. The van der Waals surface area contributed by atoms with Crippen LogP contribution in [0.15, 0.2) is 0 Å². The zero-order chi connectivity index (χ0) is 8.27. The average molecular weight is 175 g/mol. The first-order valence-corrected chi connectivity index (χ1v) is 4.44. The third-order valence-electron chi connectivity index (χ3n) is 2.07. The molecule has 0 amide bonds. The van der Waals surface area contributed by atoms with Crippen LogP contribution in [0.1, 0.15) is 12.8 Å². The molecule has 0 aliphatic carbocycles. The van der Waals surface area contributed by atoms with Crippen LogP contribution in [0.25, 0.3) is 0 Å². The molecule has 11 heavy (non-hydrogen) atoms. The Hall–Kier alpha value is -0.220. The number of rotatable bonds is 2. The number of thiol groups is 1. The van der Waals surface area contributed by atoms with E-state index in [2.05, 4.69) is 17.9 Å². The van der Waals surface area contributed by atoms with Crippen LogP contribution >= 0.6 is 12.6 Å². The van der Waals surface area contributed by atoms with E-state index in [1.807, 2.05) is 0 Å². The van der Waals surface area contributed by atoms with Gasteiger partial charge < -0.3 is 10.4 Å². The summed E-state index contributed by atoms with van der Waals surface area (Å²) in [6.07, 6.45) is 1.77. The quantitative estimate of drug-likeness (QED) is 0.531. The topological polar surface area (TPSA) is 49.3 Å². The van der Waals surface area contributed by atoms with Crippen molar-refractivity contribution < 1.29 is 9.90 Å². The summed E-state index contributed by atoms with van der Waals surface area (Å²) in [5.74, 6) is 0.531. The van der Waals surface area contributed by atoms with Gasteiger partial charge in [0.15, 0.2) is 0 Å². The number of nitrogens with one attached hydrogen (secondary N) is 1.